The fourth-order valence-electron chi connectivity index (χ4n) is 2.84. The second-order valence-electron chi connectivity index (χ2n) is 4.94. The normalized spacial score (nSPS) is 45.6. The van der Waals surface area contributed by atoms with Crippen LogP contribution < -0.4 is 17.2 Å². The van der Waals surface area contributed by atoms with Gasteiger partial charge in [-0.25, -0.2) is 0 Å². The van der Waals surface area contributed by atoms with Gasteiger partial charge in [0.1, 0.15) is 0 Å². The molecule has 2 rings (SSSR count). The fraction of sp³-hybridized carbons (Fsp3) is 1.00. The minimum absolute atomic E-state index is 0.260. The van der Waals surface area contributed by atoms with Crippen LogP contribution in [0.5, 0.6) is 0 Å². The van der Waals surface area contributed by atoms with Gasteiger partial charge in [0.2, 0.25) is 0 Å². The first-order valence-electron chi connectivity index (χ1n) is 5.66. The number of nitrogens with two attached hydrogens (primary N) is 3. The van der Waals surface area contributed by atoms with Crippen LogP contribution in [-0.4, -0.2) is 42.2 Å². The Morgan fingerprint density at radius 2 is 1.43 bits per heavy atom. The second-order valence-corrected chi connectivity index (χ2v) is 4.94. The van der Waals surface area contributed by atoms with Gasteiger partial charge in [-0.3, -0.25) is 4.90 Å². The van der Waals surface area contributed by atoms with E-state index in [9.17, 15) is 0 Å². The third kappa shape index (κ3) is 2.25. The summed E-state index contributed by atoms with van der Waals surface area (Å²) in [6.45, 7) is 2.01. The number of hydrogen-bond acceptors (Lipinski definition) is 4. The Bertz CT molecular complexity index is 187. The molecule has 4 atom stereocenters. The predicted molar refractivity (Wildman–Crippen MR) is 57.8 cm³/mol. The number of rotatable bonds is 1. The summed E-state index contributed by atoms with van der Waals surface area (Å²) >= 11 is 0. The highest BCUT2D eigenvalue weighted by molar-refractivity contribution is 4.91. The van der Waals surface area contributed by atoms with Crippen LogP contribution in [0.1, 0.15) is 25.7 Å². The van der Waals surface area contributed by atoms with Gasteiger partial charge in [0.05, 0.1) is 0 Å². The molecule has 1 aliphatic heterocycles. The first-order valence-corrected chi connectivity index (χ1v) is 5.66. The molecule has 0 amide bonds. The first kappa shape index (κ1) is 10.4. The van der Waals surface area contributed by atoms with Crippen LogP contribution in [0.2, 0.25) is 0 Å². The van der Waals surface area contributed by atoms with Crippen molar-refractivity contribution in [1.29, 1.82) is 0 Å². The molecule has 2 aliphatic rings. The molecular formula is C10H22N4. The molecule has 0 spiro atoms. The van der Waals surface area contributed by atoms with Crippen LogP contribution in [0, 0.1) is 0 Å². The zero-order chi connectivity index (χ0) is 10.1. The molecular weight excluding hydrogens is 176 g/mol. The highest BCUT2D eigenvalue weighted by Gasteiger charge is 2.31. The van der Waals surface area contributed by atoms with Crippen molar-refractivity contribution < 1.29 is 0 Å². The standard InChI is InChI=1S/C10H22N4/c11-7-1-2-10(4-7)14-5-8(12)3-9(13)6-14/h7-10H,1-6,11-13H2. The van der Waals surface area contributed by atoms with Crippen molar-refractivity contribution in [2.24, 2.45) is 17.2 Å². The van der Waals surface area contributed by atoms with Gasteiger partial charge >= 0.3 is 0 Å². The lowest BCUT2D eigenvalue weighted by atomic mass is 10.00. The summed E-state index contributed by atoms with van der Waals surface area (Å²) in [5.74, 6) is 0. The van der Waals surface area contributed by atoms with Gasteiger partial charge in [0, 0.05) is 37.3 Å². The maximum Gasteiger partial charge on any atom is 0.0183 e. The van der Waals surface area contributed by atoms with Crippen LogP contribution in [0.3, 0.4) is 0 Å². The van der Waals surface area contributed by atoms with E-state index in [0.29, 0.717) is 12.1 Å². The number of piperidine rings is 1. The van der Waals surface area contributed by atoms with Crippen molar-refractivity contribution in [3.8, 4) is 0 Å². The summed E-state index contributed by atoms with van der Waals surface area (Å²) in [7, 11) is 0. The summed E-state index contributed by atoms with van der Waals surface area (Å²) in [6.07, 6.45) is 4.47. The van der Waals surface area contributed by atoms with E-state index in [-0.39, 0.29) is 12.1 Å². The molecule has 6 N–H and O–H groups in total. The topological polar surface area (TPSA) is 81.3 Å². The van der Waals surface area contributed by atoms with Crippen LogP contribution in [0.15, 0.2) is 0 Å². The Balaban J connectivity index is 1.90. The summed E-state index contributed by atoms with van der Waals surface area (Å²) in [5, 5.41) is 0. The van der Waals surface area contributed by atoms with Crippen molar-refractivity contribution in [3.05, 3.63) is 0 Å². The van der Waals surface area contributed by atoms with Crippen LogP contribution in [-0.2, 0) is 0 Å². The van der Waals surface area contributed by atoms with Gasteiger partial charge in [-0.2, -0.15) is 0 Å². The highest BCUT2D eigenvalue weighted by atomic mass is 15.2. The van der Waals surface area contributed by atoms with Crippen molar-refractivity contribution in [2.75, 3.05) is 13.1 Å². The minimum atomic E-state index is 0.260. The highest BCUT2D eigenvalue weighted by Crippen LogP contribution is 2.25. The molecule has 0 aromatic heterocycles. The lowest BCUT2D eigenvalue weighted by Gasteiger charge is -2.38. The molecule has 4 unspecified atom stereocenters. The number of likely N-dealkylation sites (tertiary alicyclic amines) is 1. The van der Waals surface area contributed by atoms with E-state index in [0.717, 1.165) is 32.4 Å². The predicted octanol–water partition coefficient (Wildman–Crippen LogP) is -0.773. The molecule has 4 nitrogen and oxygen atoms in total. The summed E-state index contributed by atoms with van der Waals surface area (Å²) in [5.41, 5.74) is 17.8. The Hall–Kier alpha value is -0.160. The summed E-state index contributed by atoms with van der Waals surface area (Å²) < 4.78 is 0. The summed E-state index contributed by atoms with van der Waals surface area (Å²) in [6, 6.07) is 1.56. The molecule has 0 bridgehead atoms. The quantitative estimate of drug-likeness (QED) is 0.516. The first-order chi connectivity index (χ1) is 6.65. The molecule has 82 valence electrons. The smallest absolute Gasteiger partial charge is 0.0183 e. The van der Waals surface area contributed by atoms with Crippen molar-refractivity contribution in [1.82, 2.24) is 4.90 Å². The molecule has 1 aliphatic carbocycles. The zero-order valence-corrected chi connectivity index (χ0v) is 8.73. The average Bonchev–Trinajstić information content (AvgIpc) is 2.50. The Morgan fingerprint density at radius 3 is 1.93 bits per heavy atom. The second kappa shape index (κ2) is 4.14. The van der Waals surface area contributed by atoms with Crippen molar-refractivity contribution in [3.63, 3.8) is 0 Å². The molecule has 4 heteroatoms. The SMILES string of the molecule is NC1CCC(N2CC(N)CC(N)C2)C1. The van der Waals surface area contributed by atoms with Crippen LogP contribution in [0.4, 0.5) is 0 Å². The maximum absolute atomic E-state index is 5.96. The van der Waals surface area contributed by atoms with E-state index in [1.807, 2.05) is 0 Å². The molecule has 2 fully saturated rings. The van der Waals surface area contributed by atoms with E-state index in [4.69, 9.17) is 17.2 Å². The zero-order valence-electron chi connectivity index (χ0n) is 8.73. The Morgan fingerprint density at radius 1 is 0.786 bits per heavy atom. The summed E-state index contributed by atoms with van der Waals surface area (Å²) in [4.78, 5) is 2.45. The lowest BCUT2D eigenvalue weighted by molar-refractivity contribution is 0.136. The van der Waals surface area contributed by atoms with Crippen LogP contribution >= 0.6 is 0 Å². The van der Waals surface area contributed by atoms with E-state index < -0.39 is 0 Å². The average molecular weight is 198 g/mol. The van der Waals surface area contributed by atoms with Gasteiger partial charge in [0.15, 0.2) is 0 Å². The van der Waals surface area contributed by atoms with E-state index in [1.54, 1.807) is 0 Å². The molecule has 1 saturated carbocycles. The van der Waals surface area contributed by atoms with Gasteiger partial charge in [-0.1, -0.05) is 0 Å². The molecule has 1 heterocycles. The van der Waals surface area contributed by atoms with E-state index in [1.165, 1.54) is 6.42 Å². The third-order valence-corrected chi connectivity index (χ3v) is 3.51. The van der Waals surface area contributed by atoms with Crippen molar-refractivity contribution >= 4 is 0 Å². The van der Waals surface area contributed by atoms with Crippen LogP contribution in [0.25, 0.3) is 0 Å². The lowest BCUT2D eigenvalue weighted by Crippen LogP contribution is -2.55. The Labute approximate surface area is 85.8 Å². The molecule has 0 aromatic rings. The molecule has 1 saturated heterocycles. The number of nitrogens with zero attached hydrogens (tertiary/aromatic N) is 1. The minimum Gasteiger partial charge on any atom is -0.328 e. The largest absolute Gasteiger partial charge is 0.328 e. The maximum atomic E-state index is 5.96. The van der Waals surface area contributed by atoms with Gasteiger partial charge < -0.3 is 17.2 Å². The van der Waals surface area contributed by atoms with Crippen molar-refractivity contribution in [2.45, 2.75) is 49.9 Å². The third-order valence-electron chi connectivity index (χ3n) is 3.51. The molecule has 14 heavy (non-hydrogen) atoms. The van der Waals surface area contributed by atoms with Gasteiger partial charge in [-0.05, 0) is 25.7 Å². The Kier molecular flexibility index (Phi) is 3.07. The van der Waals surface area contributed by atoms with E-state index in [2.05, 4.69) is 4.90 Å². The molecule has 0 aromatic carbocycles. The van der Waals surface area contributed by atoms with E-state index >= 15 is 0 Å². The van der Waals surface area contributed by atoms with Gasteiger partial charge in [-0.15, -0.1) is 0 Å². The fourth-order valence-corrected chi connectivity index (χ4v) is 2.84. The molecule has 0 radical (unpaired) electrons. The van der Waals surface area contributed by atoms with Gasteiger partial charge in [0.25, 0.3) is 0 Å². The monoisotopic (exact) mass is 198 g/mol. The number of hydrogen-bond donors (Lipinski definition) is 3.